The third-order valence-corrected chi connectivity index (χ3v) is 5.11. The number of aromatic nitrogens is 2. The number of benzene rings is 2. The van der Waals surface area contributed by atoms with E-state index in [1.807, 2.05) is 12.1 Å². The summed E-state index contributed by atoms with van der Waals surface area (Å²) in [5.74, 6) is 0.0382. The van der Waals surface area contributed by atoms with Crippen LogP contribution in [0.1, 0.15) is 25.1 Å². The molecular weight excluding hydrogens is 459 g/mol. The van der Waals surface area contributed by atoms with Crippen molar-refractivity contribution < 1.29 is 17.9 Å². The van der Waals surface area contributed by atoms with Crippen molar-refractivity contribution in [3.05, 3.63) is 65.9 Å². The number of aliphatic imine (C=N–C) groups is 1. The molecule has 0 amide bonds. The maximum atomic E-state index is 13.5. The van der Waals surface area contributed by atoms with Gasteiger partial charge in [-0.3, -0.25) is 4.90 Å². The molecule has 186 valence electrons. The Hall–Kier alpha value is -3.86. The number of anilines is 3. The van der Waals surface area contributed by atoms with Crippen LogP contribution in [0.4, 0.5) is 36.3 Å². The van der Waals surface area contributed by atoms with Gasteiger partial charge in [-0.1, -0.05) is 32.0 Å². The lowest BCUT2D eigenvalue weighted by Crippen LogP contribution is -2.22. The Morgan fingerprint density at radius 1 is 1.03 bits per heavy atom. The average Bonchev–Trinajstić information content (AvgIpc) is 2.82. The van der Waals surface area contributed by atoms with E-state index >= 15 is 0 Å². The van der Waals surface area contributed by atoms with Gasteiger partial charge in [0.15, 0.2) is 5.69 Å². The summed E-state index contributed by atoms with van der Waals surface area (Å²) in [6.45, 7) is 6.42. The number of nitrogens with zero attached hydrogens (tertiary/aromatic N) is 4. The molecule has 8 nitrogen and oxygen atoms in total. The van der Waals surface area contributed by atoms with E-state index in [-0.39, 0.29) is 11.8 Å². The predicted molar refractivity (Wildman–Crippen MR) is 131 cm³/mol. The van der Waals surface area contributed by atoms with E-state index in [4.69, 9.17) is 10.5 Å². The van der Waals surface area contributed by atoms with Crippen molar-refractivity contribution in [2.75, 3.05) is 30.8 Å². The number of alkyl halides is 3. The average molecular weight is 488 g/mol. The van der Waals surface area contributed by atoms with Crippen molar-refractivity contribution >= 4 is 29.1 Å². The van der Waals surface area contributed by atoms with Crippen LogP contribution in [-0.2, 0) is 12.7 Å². The fraction of sp³-hybridized carbons (Fsp3) is 0.292. The molecule has 1 aromatic heterocycles. The maximum absolute atomic E-state index is 13.5. The third kappa shape index (κ3) is 7.31. The van der Waals surface area contributed by atoms with Crippen LogP contribution in [0.25, 0.3) is 0 Å². The minimum Gasteiger partial charge on any atom is -0.496 e. The number of hydrogen-bond acceptors (Lipinski definition) is 6. The highest BCUT2D eigenvalue weighted by Crippen LogP contribution is 2.32. The van der Waals surface area contributed by atoms with Gasteiger partial charge in [0, 0.05) is 29.5 Å². The summed E-state index contributed by atoms with van der Waals surface area (Å²) in [5.41, 5.74) is 6.78. The van der Waals surface area contributed by atoms with E-state index in [1.165, 1.54) is 0 Å². The topological polar surface area (TPSA) is 101 Å². The molecular formula is C24H28F3N7O. The highest BCUT2D eigenvalue weighted by Gasteiger charge is 2.34. The number of guanidine groups is 1. The molecule has 0 saturated carbocycles. The quantitative estimate of drug-likeness (QED) is 0.284. The Morgan fingerprint density at radius 2 is 1.74 bits per heavy atom. The Labute approximate surface area is 202 Å². The number of halogens is 3. The van der Waals surface area contributed by atoms with Gasteiger partial charge in [-0.05, 0) is 43.4 Å². The molecule has 4 N–H and O–H groups in total. The van der Waals surface area contributed by atoms with Gasteiger partial charge in [0.25, 0.3) is 5.95 Å². The first-order valence-corrected chi connectivity index (χ1v) is 11.0. The van der Waals surface area contributed by atoms with Crippen molar-refractivity contribution in [2.45, 2.75) is 26.6 Å². The van der Waals surface area contributed by atoms with Crippen LogP contribution in [0, 0.1) is 0 Å². The number of hydrogen-bond donors (Lipinski definition) is 3. The molecule has 0 radical (unpaired) electrons. The van der Waals surface area contributed by atoms with Crippen LogP contribution in [0.15, 0.2) is 59.6 Å². The zero-order chi connectivity index (χ0) is 25.4. The molecule has 0 aliphatic carbocycles. The highest BCUT2D eigenvalue weighted by atomic mass is 19.4. The molecule has 0 spiro atoms. The minimum absolute atomic E-state index is 0.0717. The Morgan fingerprint density at radius 3 is 2.37 bits per heavy atom. The second kappa shape index (κ2) is 11.5. The van der Waals surface area contributed by atoms with Gasteiger partial charge in [0.1, 0.15) is 11.6 Å². The fourth-order valence-electron chi connectivity index (χ4n) is 3.31. The first-order valence-electron chi connectivity index (χ1n) is 11.0. The molecule has 0 fully saturated rings. The van der Waals surface area contributed by atoms with E-state index in [1.54, 1.807) is 43.5 Å². The molecule has 35 heavy (non-hydrogen) atoms. The minimum atomic E-state index is -4.70. The SMILES string of the molecule is CCN(CC)Cc1cc(Nc2cc(C(F)(F)F)nc(N=C(N)Nc3ccccc3)n2)ccc1OC. The van der Waals surface area contributed by atoms with Crippen LogP contribution in [0.5, 0.6) is 5.75 Å². The molecule has 0 bridgehead atoms. The molecule has 0 saturated heterocycles. The molecule has 3 rings (SSSR count). The summed E-state index contributed by atoms with van der Waals surface area (Å²) in [5, 5.41) is 5.72. The largest absolute Gasteiger partial charge is 0.496 e. The molecule has 0 atom stereocenters. The molecule has 3 aromatic rings. The highest BCUT2D eigenvalue weighted by molar-refractivity contribution is 5.93. The molecule has 0 unspecified atom stereocenters. The summed E-state index contributed by atoms with van der Waals surface area (Å²) in [7, 11) is 1.58. The van der Waals surface area contributed by atoms with Gasteiger partial charge >= 0.3 is 6.18 Å². The van der Waals surface area contributed by atoms with Crippen molar-refractivity contribution in [2.24, 2.45) is 10.7 Å². The number of ether oxygens (including phenoxy) is 1. The zero-order valence-corrected chi connectivity index (χ0v) is 19.7. The Kier molecular flexibility index (Phi) is 8.48. The Bertz CT molecular complexity index is 1150. The lowest BCUT2D eigenvalue weighted by molar-refractivity contribution is -0.141. The van der Waals surface area contributed by atoms with Gasteiger partial charge in [-0.25, -0.2) is 4.98 Å². The van der Waals surface area contributed by atoms with Crippen LogP contribution in [-0.4, -0.2) is 41.0 Å². The Balaban J connectivity index is 1.92. The van der Waals surface area contributed by atoms with Gasteiger partial charge in [0.2, 0.25) is 5.96 Å². The molecule has 0 aliphatic rings. The van der Waals surface area contributed by atoms with Gasteiger partial charge in [-0.15, -0.1) is 0 Å². The van der Waals surface area contributed by atoms with Gasteiger partial charge in [-0.2, -0.15) is 23.1 Å². The zero-order valence-electron chi connectivity index (χ0n) is 19.7. The monoisotopic (exact) mass is 487 g/mol. The number of nitrogens with two attached hydrogens (primary N) is 1. The summed E-state index contributed by atoms with van der Waals surface area (Å²) >= 11 is 0. The van der Waals surface area contributed by atoms with E-state index in [9.17, 15) is 13.2 Å². The molecule has 1 heterocycles. The van der Waals surface area contributed by atoms with E-state index in [2.05, 4.69) is 44.3 Å². The number of rotatable bonds is 9. The lowest BCUT2D eigenvalue weighted by atomic mass is 10.1. The van der Waals surface area contributed by atoms with Crippen molar-refractivity contribution in [1.82, 2.24) is 14.9 Å². The first kappa shape index (κ1) is 25.8. The second-order valence-corrected chi connectivity index (χ2v) is 7.54. The molecule has 2 aromatic carbocycles. The standard InChI is InChI=1S/C24H28F3N7O/c1-4-34(5-2)15-16-13-18(11-12-19(16)35-3)29-21-14-20(24(25,26)27)31-23(32-21)33-22(28)30-17-9-7-6-8-10-17/h6-14H,4-5,15H2,1-3H3,(H4,28,29,30,31,32,33). The van der Waals surface area contributed by atoms with Gasteiger partial charge < -0.3 is 21.1 Å². The van der Waals surface area contributed by atoms with E-state index in [0.29, 0.717) is 23.7 Å². The van der Waals surface area contributed by atoms with Crippen LogP contribution in [0.2, 0.25) is 0 Å². The second-order valence-electron chi connectivity index (χ2n) is 7.54. The van der Waals surface area contributed by atoms with Crippen LogP contribution in [0.3, 0.4) is 0 Å². The van der Waals surface area contributed by atoms with E-state index < -0.39 is 17.8 Å². The van der Waals surface area contributed by atoms with Crippen molar-refractivity contribution in [1.29, 1.82) is 0 Å². The van der Waals surface area contributed by atoms with Crippen LogP contribution < -0.4 is 21.1 Å². The van der Waals surface area contributed by atoms with Crippen molar-refractivity contribution in [3.8, 4) is 5.75 Å². The summed E-state index contributed by atoms with van der Waals surface area (Å²) in [6, 6.07) is 15.0. The van der Waals surface area contributed by atoms with Crippen LogP contribution >= 0.6 is 0 Å². The van der Waals surface area contributed by atoms with Gasteiger partial charge in [0.05, 0.1) is 7.11 Å². The summed E-state index contributed by atoms with van der Waals surface area (Å²) in [4.78, 5) is 13.8. The fourth-order valence-corrected chi connectivity index (χ4v) is 3.31. The number of para-hydroxylation sites is 1. The third-order valence-electron chi connectivity index (χ3n) is 5.11. The predicted octanol–water partition coefficient (Wildman–Crippen LogP) is 5.15. The maximum Gasteiger partial charge on any atom is 0.433 e. The summed E-state index contributed by atoms with van der Waals surface area (Å²) < 4.78 is 46.0. The first-order chi connectivity index (χ1) is 16.7. The number of nitrogens with one attached hydrogen (secondary N) is 2. The smallest absolute Gasteiger partial charge is 0.433 e. The molecule has 11 heteroatoms. The normalized spacial score (nSPS) is 12.0. The lowest BCUT2D eigenvalue weighted by Gasteiger charge is -2.20. The number of methoxy groups -OCH3 is 1. The van der Waals surface area contributed by atoms with Crippen molar-refractivity contribution in [3.63, 3.8) is 0 Å². The molecule has 0 aliphatic heterocycles. The summed E-state index contributed by atoms with van der Waals surface area (Å²) in [6.07, 6.45) is -4.70. The van der Waals surface area contributed by atoms with E-state index in [0.717, 1.165) is 24.7 Å².